The second kappa shape index (κ2) is 7.24. The van der Waals surface area contributed by atoms with Crippen molar-refractivity contribution >= 4 is 22.0 Å². The van der Waals surface area contributed by atoms with Crippen molar-refractivity contribution in [3.8, 4) is 0 Å². The first kappa shape index (κ1) is 12.0. The largest absolute Gasteiger partial charge is 0.103 e. The smallest absolute Gasteiger partial charge is 0.00463 e. The van der Waals surface area contributed by atoms with Crippen molar-refractivity contribution in [2.75, 3.05) is 0 Å². The van der Waals surface area contributed by atoms with Gasteiger partial charge in [0.2, 0.25) is 0 Å². The van der Waals surface area contributed by atoms with Crippen molar-refractivity contribution in [2.24, 2.45) is 0 Å². The molecule has 0 bridgehead atoms. The van der Waals surface area contributed by atoms with Gasteiger partial charge >= 0.3 is 0 Å². The van der Waals surface area contributed by atoms with Gasteiger partial charge in [-0.2, -0.15) is 0 Å². The summed E-state index contributed by atoms with van der Waals surface area (Å²) in [5.41, 5.74) is 1.22. The van der Waals surface area contributed by atoms with Gasteiger partial charge in [-0.15, -0.1) is 6.58 Å². The average molecular weight is 263 g/mol. The van der Waals surface area contributed by atoms with E-state index in [0.717, 1.165) is 12.8 Å². The molecular weight excluding hydrogens is 248 g/mol. The van der Waals surface area contributed by atoms with Crippen molar-refractivity contribution in [1.82, 2.24) is 0 Å². The fourth-order valence-electron chi connectivity index (χ4n) is 1.15. The highest BCUT2D eigenvalue weighted by Crippen LogP contribution is 2.13. The normalized spacial score (nSPS) is 11.9. The van der Waals surface area contributed by atoms with Crippen molar-refractivity contribution in [1.29, 1.82) is 0 Å². The SMILES string of the molecule is C=CCC/C(Br)=C/C=C/c1ccccc1. The Morgan fingerprint density at radius 3 is 2.67 bits per heavy atom. The van der Waals surface area contributed by atoms with E-state index in [9.17, 15) is 0 Å². The fraction of sp³-hybridized carbons (Fsp3) is 0.143. The number of rotatable bonds is 5. The van der Waals surface area contributed by atoms with Gasteiger partial charge < -0.3 is 0 Å². The summed E-state index contributed by atoms with van der Waals surface area (Å²) in [6, 6.07) is 10.3. The minimum atomic E-state index is 1.01. The van der Waals surface area contributed by atoms with Crippen molar-refractivity contribution in [2.45, 2.75) is 12.8 Å². The molecule has 0 spiro atoms. The molecule has 0 unspecified atom stereocenters. The highest BCUT2D eigenvalue weighted by atomic mass is 79.9. The number of allylic oxidation sites excluding steroid dienone is 4. The van der Waals surface area contributed by atoms with Crippen molar-refractivity contribution in [3.05, 3.63) is 65.2 Å². The molecule has 78 valence electrons. The van der Waals surface area contributed by atoms with Crippen LogP contribution in [0.5, 0.6) is 0 Å². The summed E-state index contributed by atoms with van der Waals surface area (Å²) in [6.45, 7) is 3.69. The molecule has 0 aliphatic rings. The van der Waals surface area contributed by atoms with Crippen LogP contribution >= 0.6 is 15.9 Å². The summed E-state index contributed by atoms with van der Waals surface area (Å²) in [7, 11) is 0. The monoisotopic (exact) mass is 262 g/mol. The molecule has 0 saturated carbocycles. The van der Waals surface area contributed by atoms with E-state index in [0.29, 0.717) is 0 Å². The van der Waals surface area contributed by atoms with Gasteiger partial charge in [0.15, 0.2) is 0 Å². The zero-order valence-corrected chi connectivity index (χ0v) is 10.3. The Balaban J connectivity index is 2.48. The molecule has 0 heterocycles. The molecule has 0 radical (unpaired) electrons. The molecule has 1 aromatic carbocycles. The van der Waals surface area contributed by atoms with E-state index in [1.165, 1.54) is 10.0 Å². The molecular formula is C14H15Br. The molecule has 0 aliphatic heterocycles. The highest BCUT2D eigenvalue weighted by Gasteiger charge is 1.87. The Morgan fingerprint density at radius 1 is 1.27 bits per heavy atom. The number of hydrogen-bond donors (Lipinski definition) is 0. The zero-order valence-electron chi connectivity index (χ0n) is 8.70. The Morgan fingerprint density at radius 2 is 2.00 bits per heavy atom. The Hall–Kier alpha value is -1.08. The van der Waals surface area contributed by atoms with E-state index in [1.807, 2.05) is 24.3 Å². The van der Waals surface area contributed by atoms with Gasteiger partial charge in [-0.1, -0.05) is 70.6 Å². The molecule has 0 N–H and O–H groups in total. The second-order valence-corrected chi connectivity index (χ2v) is 4.23. The fourth-order valence-corrected chi connectivity index (χ4v) is 1.53. The molecule has 0 amide bonds. The predicted molar refractivity (Wildman–Crippen MR) is 71.9 cm³/mol. The molecule has 1 rings (SSSR count). The lowest BCUT2D eigenvalue weighted by molar-refractivity contribution is 1.04. The summed E-state index contributed by atoms with van der Waals surface area (Å²) in [4.78, 5) is 0. The summed E-state index contributed by atoms with van der Waals surface area (Å²) in [5.74, 6) is 0. The number of benzene rings is 1. The molecule has 1 heteroatoms. The van der Waals surface area contributed by atoms with Crippen LogP contribution in [0.3, 0.4) is 0 Å². The third kappa shape index (κ3) is 5.38. The van der Waals surface area contributed by atoms with Crippen LogP contribution in [-0.4, -0.2) is 0 Å². The molecule has 0 aliphatic carbocycles. The van der Waals surface area contributed by atoms with Crippen LogP contribution in [0.1, 0.15) is 18.4 Å². The van der Waals surface area contributed by atoms with Crippen molar-refractivity contribution in [3.63, 3.8) is 0 Å². The van der Waals surface area contributed by atoms with Gasteiger partial charge in [0, 0.05) is 0 Å². The summed E-state index contributed by atoms with van der Waals surface area (Å²) < 4.78 is 1.20. The van der Waals surface area contributed by atoms with E-state index >= 15 is 0 Å². The van der Waals surface area contributed by atoms with E-state index < -0.39 is 0 Å². The summed E-state index contributed by atoms with van der Waals surface area (Å²) in [5, 5.41) is 0. The lowest BCUT2D eigenvalue weighted by atomic mass is 10.2. The minimum Gasteiger partial charge on any atom is -0.103 e. The standard InChI is InChI=1S/C14H15Br/c1-2-3-11-14(15)12-7-10-13-8-5-4-6-9-13/h2,4-10,12H,1,3,11H2/b10-7+,14-12-. The Kier molecular flexibility index (Phi) is 5.79. The first-order valence-electron chi connectivity index (χ1n) is 5.01. The molecule has 0 aromatic heterocycles. The maximum atomic E-state index is 3.69. The predicted octanol–water partition coefficient (Wildman–Crippen LogP) is 4.94. The lowest BCUT2D eigenvalue weighted by Gasteiger charge is -1.93. The summed E-state index contributed by atoms with van der Waals surface area (Å²) in [6.07, 6.45) is 10.2. The van der Waals surface area contributed by atoms with Gasteiger partial charge in [-0.05, 0) is 22.9 Å². The number of halogens is 1. The van der Waals surface area contributed by atoms with Crippen LogP contribution in [0.15, 0.2) is 59.6 Å². The first-order chi connectivity index (χ1) is 7.33. The Bertz CT molecular complexity index is 347. The lowest BCUT2D eigenvalue weighted by Crippen LogP contribution is -1.70. The van der Waals surface area contributed by atoms with E-state index in [1.54, 1.807) is 0 Å². The van der Waals surface area contributed by atoms with Crippen LogP contribution in [0, 0.1) is 0 Å². The minimum absolute atomic E-state index is 1.01. The third-order valence-electron chi connectivity index (χ3n) is 1.95. The Labute approximate surface area is 100 Å². The van der Waals surface area contributed by atoms with Crippen LogP contribution in [-0.2, 0) is 0 Å². The molecule has 0 atom stereocenters. The molecule has 15 heavy (non-hydrogen) atoms. The topological polar surface area (TPSA) is 0 Å². The molecule has 0 nitrogen and oxygen atoms in total. The van der Waals surface area contributed by atoms with Crippen LogP contribution < -0.4 is 0 Å². The van der Waals surface area contributed by atoms with Crippen LogP contribution in [0.4, 0.5) is 0 Å². The van der Waals surface area contributed by atoms with E-state index in [4.69, 9.17) is 0 Å². The quantitative estimate of drug-likeness (QED) is 0.521. The van der Waals surface area contributed by atoms with Gasteiger partial charge in [-0.3, -0.25) is 0 Å². The molecule has 1 aromatic rings. The van der Waals surface area contributed by atoms with Gasteiger partial charge in [-0.25, -0.2) is 0 Å². The second-order valence-electron chi connectivity index (χ2n) is 3.21. The third-order valence-corrected chi connectivity index (χ3v) is 2.61. The van der Waals surface area contributed by atoms with Gasteiger partial charge in [0.25, 0.3) is 0 Å². The van der Waals surface area contributed by atoms with Crippen LogP contribution in [0.2, 0.25) is 0 Å². The maximum Gasteiger partial charge on any atom is -0.00463 e. The maximum absolute atomic E-state index is 3.69. The first-order valence-corrected chi connectivity index (χ1v) is 5.81. The summed E-state index contributed by atoms with van der Waals surface area (Å²) >= 11 is 3.51. The van der Waals surface area contributed by atoms with Gasteiger partial charge in [0.05, 0.1) is 0 Å². The zero-order chi connectivity index (χ0) is 10.9. The van der Waals surface area contributed by atoms with E-state index in [2.05, 4.69) is 52.9 Å². The molecule has 0 saturated heterocycles. The van der Waals surface area contributed by atoms with E-state index in [-0.39, 0.29) is 0 Å². The molecule has 0 fully saturated rings. The van der Waals surface area contributed by atoms with Crippen LogP contribution in [0.25, 0.3) is 6.08 Å². The highest BCUT2D eigenvalue weighted by molar-refractivity contribution is 9.11. The van der Waals surface area contributed by atoms with Gasteiger partial charge in [0.1, 0.15) is 0 Å². The average Bonchev–Trinajstić information content (AvgIpc) is 2.28. The number of hydrogen-bond acceptors (Lipinski definition) is 0. The van der Waals surface area contributed by atoms with Crippen molar-refractivity contribution < 1.29 is 0 Å².